The summed E-state index contributed by atoms with van der Waals surface area (Å²) in [6, 6.07) is 0. The van der Waals surface area contributed by atoms with Crippen molar-refractivity contribution in [2.24, 2.45) is 58.2 Å². The zero-order chi connectivity index (χ0) is 24.8. The minimum atomic E-state index is 0.335. The number of hydrogen-bond acceptors (Lipinski definition) is 0. The first-order valence-electron chi connectivity index (χ1n) is 15.8. The van der Waals surface area contributed by atoms with Crippen LogP contribution in [0.1, 0.15) is 125 Å². The van der Waals surface area contributed by atoms with Crippen LogP contribution < -0.4 is 0 Å². The maximum Gasteiger partial charge on any atom is -0.00416 e. The van der Waals surface area contributed by atoms with Crippen LogP contribution in [0, 0.1) is 58.2 Å². The van der Waals surface area contributed by atoms with Gasteiger partial charge in [-0.05, 0) is 141 Å². The van der Waals surface area contributed by atoms with Crippen LogP contribution in [0.2, 0.25) is 0 Å². The van der Waals surface area contributed by atoms with Crippen molar-refractivity contribution in [1.82, 2.24) is 0 Å². The van der Waals surface area contributed by atoms with Gasteiger partial charge in [0.1, 0.15) is 0 Å². The summed E-state index contributed by atoms with van der Waals surface area (Å²) in [5.41, 5.74) is 4.36. The van der Waals surface area contributed by atoms with Crippen molar-refractivity contribution >= 4 is 0 Å². The van der Waals surface area contributed by atoms with Gasteiger partial charge in [0.15, 0.2) is 0 Å². The fraction of sp³-hybridized carbons (Fsp3) is 0.829. The fourth-order valence-corrected chi connectivity index (χ4v) is 10.2. The number of allylic oxidation sites excluding steroid dienone is 6. The van der Waals surface area contributed by atoms with E-state index in [0.29, 0.717) is 16.7 Å². The fourth-order valence-electron chi connectivity index (χ4n) is 10.2. The molecular weight excluding hydrogens is 420 g/mol. The number of unbranched alkanes of at least 4 members (excludes halogenated alkanes) is 1. The van der Waals surface area contributed by atoms with Gasteiger partial charge in [0, 0.05) is 0 Å². The minimum Gasteiger partial charge on any atom is -0.0853 e. The molecule has 0 heterocycles. The van der Waals surface area contributed by atoms with Crippen LogP contribution in [-0.4, -0.2) is 0 Å². The van der Waals surface area contributed by atoms with Crippen LogP contribution in [-0.2, 0) is 0 Å². The second-order valence-electron chi connectivity index (χ2n) is 14.7. The number of hydrogen-bond donors (Lipinski definition) is 0. The molecule has 35 heavy (non-hydrogen) atoms. The van der Waals surface area contributed by atoms with E-state index in [1.807, 2.05) is 5.57 Å². The Morgan fingerprint density at radius 1 is 1.03 bits per heavy atom. The van der Waals surface area contributed by atoms with Gasteiger partial charge in [-0.25, -0.2) is 0 Å². The second kappa shape index (κ2) is 10.2. The zero-order valence-corrected chi connectivity index (χ0v) is 24.1. The average Bonchev–Trinajstić information content (AvgIpc) is 3.47. The van der Waals surface area contributed by atoms with Gasteiger partial charge in [0.05, 0.1) is 0 Å². The Kier molecular flexibility index (Phi) is 7.52. The summed E-state index contributed by atoms with van der Waals surface area (Å²) in [5.74, 6) is 7.71. The molecule has 0 aromatic carbocycles. The van der Waals surface area contributed by atoms with Gasteiger partial charge in [-0.15, -0.1) is 0 Å². The first-order chi connectivity index (χ1) is 16.8. The molecule has 0 aromatic rings. The summed E-state index contributed by atoms with van der Waals surface area (Å²) in [4.78, 5) is 0. The quantitative estimate of drug-likeness (QED) is 0.320. The van der Waals surface area contributed by atoms with E-state index in [-0.39, 0.29) is 0 Å². The summed E-state index contributed by atoms with van der Waals surface area (Å²) in [6.07, 6.45) is 29.1. The Balaban J connectivity index is 1.23. The third-order valence-electron chi connectivity index (χ3n) is 12.5. The first kappa shape index (κ1) is 25.9. The minimum absolute atomic E-state index is 0.335. The maximum atomic E-state index is 2.76. The molecule has 5 aliphatic rings. The SMILES string of the molecule is CCC/C=C1\CCC2[C@H](CCC3[C@@H]2CCC2(C)C([C@H](C)CC4C=CC(C(C)(C)CC)=C4)CC[C@@H]32)C1. The normalized spacial score (nSPS) is 43.0. The van der Waals surface area contributed by atoms with E-state index in [0.717, 1.165) is 41.4 Å². The van der Waals surface area contributed by atoms with Crippen molar-refractivity contribution in [2.75, 3.05) is 0 Å². The zero-order valence-electron chi connectivity index (χ0n) is 24.1. The molecule has 0 amide bonds. The van der Waals surface area contributed by atoms with E-state index in [4.69, 9.17) is 0 Å². The number of rotatable bonds is 7. The highest BCUT2D eigenvalue weighted by molar-refractivity contribution is 5.33. The number of fused-ring (bicyclic) bond motifs is 5. The van der Waals surface area contributed by atoms with Gasteiger partial charge >= 0.3 is 0 Å². The molecule has 0 spiro atoms. The van der Waals surface area contributed by atoms with Crippen molar-refractivity contribution in [3.63, 3.8) is 0 Å². The molecule has 0 radical (unpaired) electrons. The van der Waals surface area contributed by atoms with Crippen molar-refractivity contribution < 1.29 is 0 Å². The third kappa shape index (κ3) is 4.79. The third-order valence-corrected chi connectivity index (χ3v) is 12.5. The summed E-state index contributed by atoms with van der Waals surface area (Å²) in [5, 5.41) is 0. The molecule has 0 N–H and O–H groups in total. The molecular formula is C35H56. The summed E-state index contributed by atoms with van der Waals surface area (Å²) >= 11 is 0. The molecule has 196 valence electrons. The van der Waals surface area contributed by atoms with Crippen molar-refractivity contribution in [1.29, 1.82) is 0 Å². The molecule has 5 rings (SSSR count). The molecule has 4 saturated carbocycles. The van der Waals surface area contributed by atoms with Crippen LogP contribution in [0.4, 0.5) is 0 Å². The van der Waals surface area contributed by atoms with Gasteiger partial charge < -0.3 is 0 Å². The lowest BCUT2D eigenvalue weighted by Crippen LogP contribution is -2.48. The van der Waals surface area contributed by atoms with Gasteiger partial charge in [-0.2, -0.15) is 0 Å². The van der Waals surface area contributed by atoms with E-state index in [9.17, 15) is 0 Å². The topological polar surface area (TPSA) is 0 Å². The Labute approximate surface area is 218 Å². The van der Waals surface area contributed by atoms with Crippen LogP contribution in [0.3, 0.4) is 0 Å². The van der Waals surface area contributed by atoms with Crippen molar-refractivity contribution in [3.05, 3.63) is 35.5 Å². The van der Waals surface area contributed by atoms with E-state index in [1.54, 1.807) is 18.4 Å². The molecule has 5 aliphatic carbocycles. The Hall–Kier alpha value is -0.780. The van der Waals surface area contributed by atoms with Crippen molar-refractivity contribution in [3.8, 4) is 0 Å². The Bertz CT molecular complexity index is 838. The summed E-state index contributed by atoms with van der Waals surface area (Å²) < 4.78 is 0. The van der Waals surface area contributed by atoms with E-state index < -0.39 is 0 Å². The molecule has 0 saturated heterocycles. The standard InChI is InChI=1S/C35H56/c1-7-9-10-25-12-15-29-27(22-25)13-16-31-30(29)19-20-35(6)32(17-18-33(31)35)24(3)21-26-11-14-28(23-26)34(4,5)8-2/h10-11,14,23-24,26-27,29-33H,7-9,12-13,15-22H2,1-6H3/b25-10+/t24-,26?,27-,29?,30-,31?,32?,33+,35?/m1/s1. The molecule has 4 fully saturated rings. The predicted octanol–water partition coefficient (Wildman–Crippen LogP) is 10.6. The van der Waals surface area contributed by atoms with E-state index in [2.05, 4.69) is 65.8 Å². The van der Waals surface area contributed by atoms with E-state index in [1.165, 1.54) is 70.6 Å². The molecule has 0 aliphatic heterocycles. The smallest absolute Gasteiger partial charge is 0.00416 e. The Morgan fingerprint density at radius 2 is 1.86 bits per heavy atom. The molecule has 0 nitrogen and oxygen atoms in total. The summed E-state index contributed by atoms with van der Waals surface area (Å²) in [7, 11) is 0. The van der Waals surface area contributed by atoms with Crippen LogP contribution in [0.25, 0.3) is 0 Å². The van der Waals surface area contributed by atoms with Crippen LogP contribution >= 0.6 is 0 Å². The highest BCUT2D eigenvalue weighted by atomic mass is 14.6. The van der Waals surface area contributed by atoms with Gasteiger partial charge in [-0.3, -0.25) is 0 Å². The van der Waals surface area contributed by atoms with Gasteiger partial charge in [0.25, 0.3) is 0 Å². The second-order valence-corrected chi connectivity index (χ2v) is 14.7. The lowest BCUT2D eigenvalue weighted by atomic mass is 9.49. The molecule has 0 heteroatoms. The molecule has 9 atom stereocenters. The average molecular weight is 477 g/mol. The molecule has 5 unspecified atom stereocenters. The molecule has 0 aromatic heterocycles. The van der Waals surface area contributed by atoms with Crippen LogP contribution in [0.15, 0.2) is 35.5 Å². The lowest BCUT2D eigenvalue weighted by Gasteiger charge is -2.56. The first-order valence-corrected chi connectivity index (χ1v) is 15.8. The molecule has 0 bridgehead atoms. The highest BCUT2D eigenvalue weighted by Gasteiger charge is 2.57. The van der Waals surface area contributed by atoms with Gasteiger partial charge in [-0.1, -0.05) is 77.8 Å². The highest BCUT2D eigenvalue weighted by Crippen LogP contribution is 2.66. The van der Waals surface area contributed by atoms with E-state index >= 15 is 0 Å². The predicted molar refractivity (Wildman–Crippen MR) is 152 cm³/mol. The Morgan fingerprint density at radius 3 is 2.63 bits per heavy atom. The lowest BCUT2D eigenvalue weighted by molar-refractivity contribution is -0.0651. The maximum absolute atomic E-state index is 2.76. The van der Waals surface area contributed by atoms with Crippen molar-refractivity contribution in [2.45, 2.75) is 125 Å². The monoisotopic (exact) mass is 476 g/mol. The van der Waals surface area contributed by atoms with Gasteiger partial charge in [0.2, 0.25) is 0 Å². The largest absolute Gasteiger partial charge is 0.0853 e. The van der Waals surface area contributed by atoms with Crippen LogP contribution in [0.5, 0.6) is 0 Å². The summed E-state index contributed by atoms with van der Waals surface area (Å²) in [6.45, 7) is 14.9.